The van der Waals surface area contributed by atoms with Crippen LogP contribution in [0.4, 0.5) is 0 Å². The van der Waals surface area contributed by atoms with Crippen molar-refractivity contribution in [2.45, 2.75) is 59.7 Å². The van der Waals surface area contributed by atoms with E-state index in [0.717, 1.165) is 51.8 Å². The van der Waals surface area contributed by atoms with E-state index in [1.165, 1.54) is 17.5 Å². The van der Waals surface area contributed by atoms with E-state index >= 15 is 0 Å². The van der Waals surface area contributed by atoms with Gasteiger partial charge in [-0.15, -0.1) is 24.0 Å². The third-order valence-corrected chi connectivity index (χ3v) is 4.93. The van der Waals surface area contributed by atoms with Crippen molar-refractivity contribution in [1.82, 2.24) is 15.5 Å². The van der Waals surface area contributed by atoms with E-state index in [9.17, 15) is 0 Å². The van der Waals surface area contributed by atoms with Crippen molar-refractivity contribution in [2.75, 3.05) is 33.4 Å². The number of ether oxygens (including phenoxy) is 1. The van der Waals surface area contributed by atoms with E-state index in [2.05, 4.69) is 72.5 Å². The predicted octanol–water partition coefficient (Wildman–Crippen LogP) is 4.02. The van der Waals surface area contributed by atoms with Crippen LogP contribution in [0.25, 0.3) is 0 Å². The highest BCUT2D eigenvalue weighted by molar-refractivity contribution is 14.0. The monoisotopic (exact) mass is 502 g/mol. The lowest BCUT2D eigenvalue weighted by Crippen LogP contribution is -2.42. The lowest BCUT2D eigenvalue weighted by Gasteiger charge is -2.26. The molecule has 160 valence electrons. The average Bonchev–Trinajstić information content (AvgIpc) is 2.65. The minimum atomic E-state index is 0. The molecule has 1 heterocycles. The van der Waals surface area contributed by atoms with Gasteiger partial charge in [-0.1, -0.05) is 45.0 Å². The van der Waals surface area contributed by atoms with Crippen LogP contribution in [-0.2, 0) is 17.8 Å². The minimum absolute atomic E-state index is 0. The number of benzene rings is 1. The van der Waals surface area contributed by atoms with Gasteiger partial charge in [0.25, 0.3) is 0 Å². The SMILES string of the molecule is CN=C(NCc1ccc(CN2CCOCC2)cc1)NC(C)CCC(C)(C)C.I. The molecule has 1 aliphatic rings. The van der Waals surface area contributed by atoms with E-state index in [1.807, 2.05) is 7.05 Å². The quantitative estimate of drug-likeness (QED) is 0.336. The summed E-state index contributed by atoms with van der Waals surface area (Å²) in [7, 11) is 1.83. The van der Waals surface area contributed by atoms with Crippen LogP contribution in [-0.4, -0.2) is 50.3 Å². The molecule has 0 radical (unpaired) electrons. The van der Waals surface area contributed by atoms with Crippen LogP contribution in [0.5, 0.6) is 0 Å². The summed E-state index contributed by atoms with van der Waals surface area (Å²) in [4.78, 5) is 6.80. The molecular weight excluding hydrogens is 463 g/mol. The zero-order chi connectivity index (χ0) is 19.7. The smallest absolute Gasteiger partial charge is 0.191 e. The molecule has 1 unspecified atom stereocenters. The molecule has 0 saturated carbocycles. The number of guanidine groups is 1. The van der Waals surface area contributed by atoms with E-state index in [0.29, 0.717) is 11.5 Å². The van der Waals surface area contributed by atoms with Gasteiger partial charge in [0.05, 0.1) is 13.2 Å². The number of hydrogen-bond acceptors (Lipinski definition) is 3. The summed E-state index contributed by atoms with van der Waals surface area (Å²) in [5.41, 5.74) is 3.00. The van der Waals surface area contributed by atoms with Crippen LogP contribution >= 0.6 is 24.0 Å². The molecule has 6 heteroatoms. The van der Waals surface area contributed by atoms with Crippen LogP contribution in [0.2, 0.25) is 0 Å². The topological polar surface area (TPSA) is 48.9 Å². The summed E-state index contributed by atoms with van der Waals surface area (Å²) >= 11 is 0. The molecule has 0 bridgehead atoms. The molecule has 1 fully saturated rings. The minimum Gasteiger partial charge on any atom is -0.379 e. The Morgan fingerprint density at radius 2 is 1.75 bits per heavy atom. The van der Waals surface area contributed by atoms with Gasteiger partial charge in [-0.05, 0) is 36.3 Å². The van der Waals surface area contributed by atoms with Crippen LogP contribution < -0.4 is 10.6 Å². The molecule has 1 saturated heterocycles. The van der Waals surface area contributed by atoms with E-state index < -0.39 is 0 Å². The number of nitrogens with one attached hydrogen (secondary N) is 2. The van der Waals surface area contributed by atoms with E-state index in [1.54, 1.807) is 0 Å². The van der Waals surface area contributed by atoms with Gasteiger partial charge in [0, 0.05) is 39.3 Å². The zero-order valence-corrected chi connectivity index (χ0v) is 20.6. The summed E-state index contributed by atoms with van der Waals surface area (Å²) in [5.74, 6) is 0.869. The lowest BCUT2D eigenvalue weighted by atomic mass is 9.89. The van der Waals surface area contributed by atoms with Crippen molar-refractivity contribution >= 4 is 29.9 Å². The van der Waals surface area contributed by atoms with Crippen LogP contribution in [0.1, 0.15) is 51.7 Å². The second-order valence-corrected chi connectivity index (χ2v) is 8.78. The van der Waals surface area contributed by atoms with Gasteiger partial charge in [-0.2, -0.15) is 0 Å². The van der Waals surface area contributed by atoms with Crippen LogP contribution in [0.3, 0.4) is 0 Å². The van der Waals surface area contributed by atoms with Gasteiger partial charge in [0.15, 0.2) is 5.96 Å². The third-order valence-electron chi connectivity index (χ3n) is 4.93. The number of hydrogen-bond donors (Lipinski definition) is 2. The summed E-state index contributed by atoms with van der Waals surface area (Å²) in [6.07, 6.45) is 2.34. The van der Waals surface area contributed by atoms with Crippen LogP contribution in [0, 0.1) is 5.41 Å². The Balaban J connectivity index is 0.00000392. The fourth-order valence-corrected chi connectivity index (χ4v) is 3.12. The first-order valence-electron chi connectivity index (χ1n) is 10.2. The van der Waals surface area contributed by atoms with Gasteiger partial charge in [-0.3, -0.25) is 9.89 Å². The van der Waals surface area contributed by atoms with Gasteiger partial charge in [0.1, 0.15) is 0 Å². The largest absolute Gasteiger partial charge is 0.379 e. The summed E-state index contributed by atoms with van der Waals surface area (Å²) < 4.78 is 5.41. The first-order chi connectivity index (χ1) is 12.9. The molecule has 2 N–H and O–H groups in total. The Bertz CT molecular complexity index is 577. The summed E-state index contributed by atoms with van der Waals surface area (Å²) in [5, 5.41) is 6.92. The predicted molar refractivity (Wildman–Crippen MR) is 129 cm³/mol. The number of aliphatic imine (C=N–C) groups is 1. The molecule has 1 aliphatic heterocycles. The first kappa shape index (κ1) is 25.2. The number of nitrogens with zero attached hydrogens (tertiary/aromatic N) is 2. The van der Waals surface area contributed by atoms with E-state index in [-0.39, 0.29) is 24.0 Å². The Morgan fingerprint density at radius 1 is 1.14 bits per heavy atom. The van der Waals surface area contributed by atoms with E-state index in [4.69, 9.17) is 4.74 Å². The normalized spacial score (nSPS) is 17.0. The molecule has 1 aromatic rings. The fraction of sp³-hybridized carbons (Fsp3) is 0.682. The Kier molecular flexibility index (Phi) is 11.4. The Labute approximate surface area is 188 Å². The molecule has 1 atom stereocenters. The molecule has 1 aromatic carbocycles. The molecular formula is C22H39IN4O. The third kappa shape index (κ3) is 10.1. The van der Waals surface area contributed by atoms with Gasteiger partial charge >= 0.3 is 0 Å². The zero-order valence-electron chi connectivity index (χ0n) is 18.3. The molecule has 5 nitrogen and oxygen atoms in total. The molecule has 0 amide bonds. The summed E-state index contributed by atoms with van der Waals surface area (Å²) in [6.45, 7) is 14.6. The molecule has 28 heavy (non-hydrogen) atoms. The maximum Gasteiger partial charge on any atom is 0.191 e. The van der Waals surface area contributed by atoms with Crippen molar-refractivity contribution in [3.8, 4) is 0 Å². The number of halogens is 1. The molecule has 0 aromatic heterocycles. The van der Waals surface area contributed by atoms with Crippen molar-refractivity contribution in [2.24, 2.45) is 10.4 Å². The maximum atomic E-state index is 5.41. The first-order valence-corrected chi connectivity index (χ1v) is 10.2. The van der Waals surface area contributed by atoms with Crippen molar-refractivity contribution in [3.05, 3.63) is 35.4 Å². The standard InChI is InChI=1S/C22H38N4O.HI/c1-18(10-11-22(2,3)4)25-21(23-5)24-16-19-6-8-20(9-7-19)17-26-12-14-27-15-13-26;/h6-9,18H,10-17H2,1-5H3,(H2,23,24,25);1H. The van der Waals surface area contributed by atoms with Gasteiger partial charge in [-0.25, -0.2) is 0 Å². The number of rotatable bonds is 7. The second-order valence-electron chi connectivity index (χ2n) is 8.78. The van der Waals surface area contributed by atoms with Crippen molar-refractivity contribution < 1.29 is 4.74 Å². The van der Waals surface area contributed by atoms with Gasteiger partial charge in [0.2, 0.25) is 0 Å². The van der Waals surface area contributed by atoms with Crippen molar-refractivity contribution in [1.29, 1.82) is 0 Å². The van der Waals surface area contributed by atoms with Crippen molar-refractivity contribution in [3.63, 3.8) is 0 Å². The highest BCUT2D eigenvalue weighted by Crippen LogP contribution is 2.21. The Morgan fingerprint density at radius 3 is 2.32 bits per heavy atom. The van der Waals surface area contributed by atoms with Gasteiger partial charge < -0.3 is 15.4 Å². The highest BCUT2D eigenvalue weighted by Gasteiger charge is 2.13. The molecule has 2 rings (SSSR count). The second kappa shape index (κ2) is 12.6. The number of morpholine rings is 1. The fourth-order valence-electron chi connectivity index (χ4n) is 3.12. The summed E-state index contributed by atoms with van der Waals surface area (Å²) in [6, 6.07) is 9.29. The lowest BCUT2D eigenvalue weighted by molar-refractivity contribution is 0.0342. The highest BCUT2D eigenvalue weighted by atomic mass is 127. The Hall–Kier alpha value is -0.860. The molecule has 0 spiro atoms. The average molecular weight is 502 g/mol. The van der Waals surface area contributed by atoms with Crippen LogP contribution in [0.15, 0.2) is 29.3 Å². The molecule has 0 aliphatic carbocycles. The maximum absolute atomic E-state index is 5.41.